The van der Waals surface area contributed by atoms with E-state index in [1.54, 1.807) is 0 Å². The zero-order valence-electron chi connectivity index (χ0n) is 9.50. The molecule has 0 fully saturated rings. The molecule has 1 aromatic carbocycles. The molecule has 1 N–H and O–H groups in total. The molecular formula is C13H7FN2O3. The second-order valence-electron chi connectivity index (χ2n) is 3.86. The number of hydrogen-bond acceptors (Lipinski definition) is 4. The van der Waals surface area contributed by atoms with E-state index in [-0.39, 0.29) is 17.0 Å². The van der Waals surface area contributed by atoms with Crippen LogP contribution in [0.3, 0.4) is 0 Å². The van der Waals surface area contributed by atoms with E-state index < -0.39 is 11.8 Å². The second kappa shape index (κ2) is 4.16. The fraction of sp³-hybridized carbons (Fsp3) is 0. The third-order valence-electron chi connectivity index (χ3n) is 2.63. The monoisotopic (exact) mass is 258 g/mol. The summed E-state index contributed by atoms with van der Waals surface area (Å²) in [6.45, 7) is 0. The molecule has 2 heterocycles. The van der Waals surface area contributed by atoms with Crippen molar-refractivity contribution in [1.29, 1.82) is 0 Å². The van der Waals surface area contributed by atoms with Crippen LogP contribution in [-0.4, -0.2) is 21.0 Å². The average Bonchev–Trinajstić information content (AvgIpc) is 2.81. The number of carboxylic acid groups (broad SMARTS) is 1. The Morgan fingerprint density at radius 1 is 1.32 bits per heavy atom. The van der Waals surface area contributed by atoms with Crippen LogP contribution < -0.4 is 0 Å². The molecule has 0 atom stereocenters. The van der Waals surface area contributed by atoms with Gasteiger partial charge in [0.15, 0.2) is 5.58 Å². The Labute approximate surface area is 106 Å². The quantitative estimate of drug-likeness (QED) is 0.764. The van der Waals surface area contributed by atoms with E-state index in [0.717, 1.165) is 0 Å². The summed E-state index contributed by atoms with van der Waals surface area (Å²) in [5.74, 6) is -1.44. The van der Waals surface area contributed by atoms with Crippen molar-refractivity contribution in [3.05, 3.63) is 48.0 Å². The third-order valence-corrected chi connectivity index (χ3v) is 2.63. The first-order chi connectivity index (χ1) is 9.15. The van der Waals surface area contributed by atoms with E-state index in [0.29, 0.717) is 11.1 Å². The van der Waals surface area contributed by atoms with Crippen LogP contribution in [0.2, 0.25) is 0 Å². The van der Waals surface area contributed by atoms with Crippen LogP contribution in [0, 0.1) is 5.82 Å². The SMILES string of the molecule is O=C(O)c1ccncc1-c1nc2cc(F)ccc2o1. The van der Waals surface area contributed by atoms with Gasteiger partial charge < -0.3 is 9.52 Å². The number of benzene rings is 1. The summed E-state index contributed by atoms with van der Waals surface area (Å²) in [5, 5.41) is 9.09. The van der Waals surface area contributed by atoms with Crippen LogP contribution in [-0.2, 0) is 0 Å². The third kappa shape index (κ3) is 1.93. The van der Waals surface area contributed by atoms with Crippen LogP contribution in [0.5, 0.6) is 0 Å². The minimum atomic E-state index is -1.11. The lowest BCUT2D eigenvalue weighted by molar-refractivity contribution is 0.0697. The molecule has 0 aliphatic carbocycles. The second-order valence-corrected chi connectivity index (χ2v) is 3.86. The zero-order valence-corrected chi connectivity index (χ0v) is 9.50. The van der Waals surface area contributed by atoms with Crippen molar-refractivity contribution < 1.29 is 18.7 Å². The molecule has 3 aromatic rings. The molecule has 0 bridgehead atoms. The summed E-state index contributed by atoms with van der Waals surface area (Å²) in [5.41, 5.74) is 1.00. The Balaban J connectivity index is 2.22. The Kier molecular flexibility index (Phi) is 2.49. The van der Waals surface area contributed by atoms with Gasteiger partial charge >= 0.3 is 5.97 Å². The summed E-state index contributed by atoms with van der Waals surface area (Å²) in [6.07, 6.45) is 2.72. The van der Waals surface area contributed by atoms with Gasteiger partial charge in [0.25, 0.3) is 0 Å². The van der Waals surface area contributed by atoms with E-state index >= 15 is 0 Å². The highest BCUT2D eigenvalue weighted by Crippen LogP contribution is 2.26. The Morgan fingerprint density at radius 2 is 2.16 bits per heavy atom. The lowest BCUT2D eigenvalue weighted by Gasteiger charge is -1.99. The lowest BCUT2D eigenvalue weighted by atomic mass is 10.1. The standard InChI is InChI=1S/C13H7FN2O3/c14-7-1-2-11-10(5-7)16-12(19-11)9-6-15-4-3-8(9)13(17)18/h1-6H,(H,17,18). The molecule has 0 spiro atoms. The van der Waals surface area contributed by atoms with Gasteiger partial charge in [0, 0.05) is 18.5 Å². The molecular weight excluding hydrogens is 251 g/mol. The van der Waals surface area contributed by atoms with Gasteiger partial charge in [-0.1, -0.05) is 0 Å². The first kappa shape index (κ1) is 11.3. The topological polar surface area (TPSA) is 76.2 Å². The van der Waals surface area contributed by atoms with Gasteiger partial charge in [-0.2, -0.15) is 0 Å². The first-order valence-corrected chi connectivity index (χ1v) is 5.39. The van der Waals surface area contributed by atoms with Crippen molar-refractivity contribution in [1.82, 2.24) is 9.97 Å². The summed E-state index contributed by atoms with van der Waals surface area (Å²) in [6, 6.07) is 5.27. The fourth-order valence-electron chi connectivity index (χ4n) is 1.77. The summed E-state index contributed by atoms with van der Waals surface area (Å²) in [7, 11) is 0. The molecule has 0 aliphatic heterocycles. The number of aromatic nitrogens is 2. The van der Waals surface area contributed by atoms with E-state index in [9.17, 15) is 9.18 Å². The zero-order chi connectivity index (χ0) is 13.4. The molecule has 0 unspecified atom stereocenters. The van der Waals surface area contributed by atoms with E-state index in [1.807, 2.05) is 0 Å². The van der Waals surface area contributed by atoms with E-state index in [2.05, 4.69) is 9.97 Å². The van der Waals surface area contributed by atoms with Crippen LogP contribution >= 0.6 is 0 Å². The highest BCUT2D eigenvalue weighted by Gasteiger charge is 2.16. The number of fused-ring (bicyclic) bond motifs is 1. The van der Waals surface area contributed by atoms with Gasteiger partial charge in [-0.3, -0.25) is 4.98 Å². The molecule has 0 saturated heterocycles. The van der Waals surface area contributed by atoms with Gasteiger partial charge in [0.05, 0.1) is 11.1 Å². The molecule has 2 aromatic heterocycles. The smallest absolute Gasteiger partial charge is 0.336 e. The lowest BCUT2D eigenvalue weighted by Crippen LogP contribution is -1.99. The minimum Gasteiger partial charge on any atom is -0.478 e. The molecule has 0 radical (unpaired) electrons. The van der Waals surface area contributed by atoms with Crippen molar-refractivity contribution >= 4 is 17.1 Å². The van der Waals surface area contributed by atoms with Gasteiger partial charge in [-0.25, -0.2) is 14.2 Å². The molecule has 0 aliphatic rings. The van der Waals surface area contributed by atoms with Crippen LogP contribution in [0.15, 0.2) is 41.1 Å². The number of aromatic carboxylic acids is 1. The van der Waals surface area contributed by atoms with Crippen molar-refractivity contribution in [3.8, 4) is 11.5 Å². The predicted molar refractivity (Wildman–Crippen MR) is 64.2 cm³/mol. The van der Waals surface area contributed by atoms with Crippen LogP contribution in [0.1, 0.15) is 10.4 Å². The number of carboxylic acids is 1. The largest absolute Gasteiger partial charge is 0.478 e. The Morgan fingerprint density at radius 3 is 2.95 bits per heavy atom. The predicted octanol–water partition coefficient (Wildman–Crippen LogP) is 2.73. The number of halogens is 1. The molecule has 94 valence electrons. The first-order valence-electron chi connectivity index (χ1n) is 5.39. The van der Waals surface area contributed by atoms with Crippen molar-refractivity contribution in [2.75, 3.05) is 0 Å². The maximum atomic E-state index is 13.1. The average molecular weight is 258 g/mol. The Hall–Kier alpha value is -2.76. The maximum Gasteiger partial charge on any atom is 0.336 e. The normalized spacial score (nSPS) is 10.8. The van der Waals surface area contributed by atoms with Gasteiger partial charge in [-0.05, 0) is 18.2 Å². The van der Waals surface area contributed by atoms with E-state index in [1.165, 1.54) is 36.7 Å². The van der Waals surface area contributed by atoms with Crippen LogP contribution in [0.4, 0.5) is 4.39 Å². The number of nitrogens with zero attached hydrogens (tertiary/aromatic N) is 2. The number of pyridine rings is 1. The molecule has 0 amide bonds. The molecule has 0 saturated carbocycles. The van der Waals surface area contributed by atoms with Crippen molar-refractivity contribution in [2.45, 2.75) is 0 Å². The van der Waals surface area contributed by atoms with Gasteiger partial charge in [0.2, 0.25) is 5.89 Å². The highest BCUT2D eigenvalue weighted by atomic mass is 19.1. The van der Waals surface area contributed by atoms with Gasteiger partial charge in [0.1, 0.15) is 11.3 Å². The van der Waals surface area contributed by atoms with Gasteiger partial charge in [-0.15, -0.1) is 0 Å². The summed E-state index contributed by atoms with van der Waals surface area (Å²) in [4.78, 5) is 19.0. The minimum absolute atomic E-state index is 0.0297. The van der Waals surface area contributed by atoms with E-state index in [4.69, 9.17) is 9.52 Å². The molecule has 19 heavy (non-hydrogen) atoms. The fourth-order valence-corrected chi connectivity index (χ4v) is 1.77. The van der Waals surface area contributed by atoms with Crippen molar-refractivity contribution in [3.63, 3.8) is 0 Å². The summed E-state index contributed by atoms with van der Waals surface area (Å²) < 4.78 is 18.5. The maximum absolute atomic E-state index is 13.1. The molecule has 6 heteroatoms. The summed E-state index contributed by atoms with van der Waals surface area (Å²) >= 11 is 0. The number of oxazole rings is 1. The van der Waals surface area contributed by atoms with Crippen molar-refractivity contribution in [2.24, 2.45) is 0 Å². The number of hydrogen-bond donors (Lipinski definition) is 1. The van der Waals surface area contributed by atoms with Crippen LogP contribution in [0.25, 0.3) is 22.6 Å². The highest BCUT2D eigenvalue weighted by molar-refractivity contribution is 5.95. The number of carbonyl (C=O) groups is 1. The Bertz CT molecular complexity index is 782. The molecule has 3 rings (SSSR count). The molecule has 5 nitrogen and oxygen atoms in total. The number of rotatable bonds is 2.